The Hall–Kier alpha value is -0.860. The van der Waals surface area contributed by atoms with Crippen molar-refractivity contribution in [3.8, 4) is 0 Å². The summed E-state index contributed by atoms with van der Waals surface area (Å²) in [5.74, 6) is 0. The molecule has 2 nitrogen and oxygen atoms in total. The second-order valence-electron chi connectivity index (χ2n) is 6.64. The van der Waals surface area contributed by atoms with Crippen molar-refractivity contribution in [3.63, 3.8) is 0 Å². The topological polar surface area (TPSA) is 23.5 Å². The quantitative estimate of drug-likeness (QED) is 0.880. The highest BCUT2D eigenvalue weighted by Crippen LogP contribution is 2.37. The fraction of sp³-hybridized carbons (Fsp3) is 0.647. The van der Waals surface area contributed by atoms with Crippen LogP contribution in [-0.2, 0) is 19.4 Å². The predicted molar refractivity (Wildman–Crippen MR) is 76.1 cm³/mol. The molecular weight excluding hydrogens is 234 g/mol. The fourth-order valence-electron chi connectivity index (χ4n) is 4.44. The molecule has 1 aromatic rings. The van der Waals surface area contributed by atoms with Crippen LogP contribution in [0.2, 0.25) is 0 Å². The SMILES string of the molecule is OC1CC2CCC(C1)N2Cc1ccc2c(c1)CCC2. The van der Waals surface area contributed by atoms with Crippen molar-refractivity contribution < 1.29 is 5.11 Å². The van der Waals surface area contributed by atoms with E-state index in [1.165, 1.54) is 37.7 Å². The van der Waals surface area contributed by atoms with E-state index < -0.39 is 0 Å². The molecule has 2 heterocycles. The summed E-state index contributed by atoms with van der Waals surface area (Å²) in [7, 11) is 0. The molecule has 1 aromatic carbocycles. The molecule has 1 N–H and O–H groups in total. The highest BCUT2D eigenvalue weighted by molar-refractivity contribution is 5.35. The average Bonchev–Trinajstić information content (AvgIpc) is 2.94. The van der Waals surface area contributed by atoms with Gasteiger partial charge in [0.2, 0.25) is 0 Å². The second-order valence-corrected chi connectivity index (χ2v) is 6.64. The minimum absolute atomic E-state index is 0.0474. The maximum absolute atomic E-state index is 9.87. The van der Waals surface area contributed by atoms with Crippen molar-refractivity contribution in [1.82, 2.24) is 4.90 Å². The lowest BCUT2D eigenvalue weighted by atomic mass is 9.98. The Morgan fingerprint density at radius 3 is 2.58 bits per heavy atom. The third-order valence-electron chi connectivity index (χ3n) is 5.39. The molecule has 0 aromatic heterocycles. The number of aryl methyl sites for hydroxylation is 2. The number of aliphatic hydroxyl groups is 1. The maximum Gasteiger partial charge on any atom is 0.0570 e. The largest absolute Gasteiger partial charge is 0.393 e. The maximum atomic E-state index is 9.87. The zero-order valence-corrected chi connectivity index (χ0v) is 11.5. The Morgan fingerprint density at radius 2 is 1.79 bits per heavy atom. The number of hydrogen-bond donors (Lipinski definition) is 1. The minimum atomic E-state index is -0.0474. The minimum Gasteiger partial charge on any atom is -0.393 e. The van der Waals surface area contributed by atoms with E-state index in [2.05, 4.69) is 23.1 Å². The molecular formula is C17H23NO. The summed E-state index contributed by atoms with van der Waals surface area (Å²) in [5, 5.41) is 9.87. The summed E-state index contributed by atoms with van der Waals surface area (Å²) in [5.41, 5.74) is 4.64. The molecule has 2 bridgehead atoms. The van der Waals surface area contributed by atoms with Crippen LogP contribution in [0.4, 0.5) is 0 Å². The van der Waals surface area contributed by atoms with Crippen LogP contribution >= 0.6 is 0 Å². The lowest BCUT2D eigenvalue weighted by Crippen LogP contribution is -2.44. The highest BCUT2D eigenvalue weighted by atomic mass is 16.3. The molecule has 2 atom stereocenters. The van der Waals surface area contributed by atoms with Gasteiger partial charge in [-0.2, -0.15) is 0 Å². The molecule has 3 aliphatic rings. The molecule has 2 fully saturated rings. The number of rotatable bonds is 2. The molecule has 1 aliphatic carbocycles. The van der Waals surface area contributed by atoms with E-state index >= 15 is 0 Å². The fourth-order valence-corrected chi connectivity index (χ4v) is 4.44. The Morgan fingerprint density at radius 1 is 1.05 bits per heavy atom. The average molecular weight is 257 g/mol. The Kier molecular flexibility index (Phi) is 2.89. The lowest BCUT2D eigenvalue weighted by Gasteiger charge is -2.37. The Balaban J connectivity index is 1.53. The van der Waals surface area contributed by atoms with Gasteiger partial charge in [0.15, 0.2) is 0 Å². The number of nitrogens with zero attached hydrogens (tertiary/aromatic N) is 1. The first-order valence-electron chi connectivity index (χ1n) is 7.84. The van der Waals surface area contributed by atoms with Gasteiger partial charge in [-0.3, -0.25) is 4.90 Å². The molecule has 0 radical (unpaired) electrons. The molecule has 0 amide bonds. The third kappa shape index (κ3) is 2.11. The van der Waals surface area contributed by atoms with Crippen LogP contribution in [0.15, 0.2) is 18.2 Å². The van der Waals surface area contributed by atoms with Gasteiger partial charge in [-0.15, -0.1) is 0 Å². The van der Waals surface area contributed by atoms with Crippen LogP contribution in [0.1, 0.15) is 48.8 Å². The van der Waals surface area contributed by atoms with Crippen LogP contribution in [-0.4, -0.2) is 28.2 Å². The lowest BCUT2D eigenvalue weighted by molar-refractivity contribution is 0.0310. The van der Waals surface area contributed by atoms with Crippen molar-refractivity contribution in [1.29, 1.82) is 0 Å². The molecule has 2 heteroatoms. The van der Waals surface area contributed by atoms with E-state index in [9.17, 15) is 5.11 Å². The predicted octanol–water partition coefficient (Wildman–Crippen LogP) is 2.66. The van der Waals surface area contributed by atoms with Gasteiger partial charge in [-0.05, 0) is 61.6 Å². The normalized spacial score (nSPS) is 33.6. The van der Waals surface area contributed by atoms with Gasteiger partial charge in [0, 0.05) is 18.6 Å². The van der Waals surface area contributed by atoms with Gasteiger partial charge in [-0.1, -0.05) is 18.2 Å². The molecule has 102 valence electrons. The van der Waals surface area contributed by atoms with Crippen LogP contribution in [0.25, 0.3) is 0 Å². The molecule has 2 saturated heterocycles. The van der Waals surface area contributed by atoms with Gasteiger partial charge in [0.25, 0.3) is 0 Å². The van der Waals surface area contributed by atoms with E-state index in [1.807, 2.05) is 0 Å². The van der Waals surface area contributed by atoms with Gasteiger partial charge < -0.3 is 5.11 Å². The first kappa shape index (κ1) is 11.9. The number of benzene rings is 1. The van der Waals surface area contributed by atoms with Crippen LogP contribution in [0, 0.1) is 0 Å². The summed E-state index contributed by atoms with van der Waals surface area (Å²) in [6, 6.07) is 8.36. The van der Waals surface area contributed by atoms with Gasteiger partial charge in [-0.25, -0.2) is 0 Å². The van der Waals surface area contributed by atoms with E-state index in [4.69, 9.17) is 0 Å². The smallest absolute Gasteiger partial charge is 0.0570 e. The van der Waals surface area contributed by atoms with Crippen molar-refractivity contribution in [2.24, 2.45) is 0 Å². The number of fused-ring (bicyclic) bond motifs is 3. The first-order chi connectivity index (χ1) is 9.29. The number of hydrogen-bond acceptors (Lipinski definition) is 2. The number of piperidine rings is 1. The van der Waals surface area contributed by atoms with E-state index in [0.717, 1.165) is 19.4 Å². The van der Waals surface area contributed by atoms with Crippen LogP contribution in [0.5, 0.6) is 0 Å². The summed E-state index contributed by atoms with van der Waals surface area (Å²) < 4.78 is 0. The number of aliphatic hydroxyl groups excluding tert-OH is 1. The molecule has 0 saturated carbocycles. The van der Waals surface area contributed by atoms with E-state index in [0.29, 0.717) is 12.1 Å². The third-order valence-corrected chi connectivity index (χ3v) is 5.39. The van der Waals surface area contributed by atoms with Gasteiger partial charge in [0.1, 0.15) is 0 Å². The van der Waals surface area contributed by atoms with Gasteiger partial charge >= 0.3 is 0 Å². The summed E-state index contributed by atoms with van der Waals surface area (Å²) in [6.45, 7) is 1.09. The van der Waals surface area contributed by atoms with Crippen molar-refractivity contribution in [2.75, 3.05) is 0 Å². The molecule has 0 spiro atoms. The summed E-state index contributed by atoms with van der Waals surface area (Å²) >= 11 is 0. The zero-order valence-electron chi connectivity index (χ0n) is 11.5. The molecule has 19 heavy (non-hydrogen) atoms. The Bertz CT molecular complexity index is 470. The second kappa shape index (κ2) is 4.60. The van der Waals surface area contributed by atoms with E-state index in [-0.39, 0.29) is 6.10 Å². The van der Waals surface area contributed by atoms with Crippen molar-refractivity contribution in [3.05, 3.63) is 34.9 Å². The molecule has 2 unspecified atom stereocenters. The standard InChI is InChI=1S/C17H23NO/c19-17-9-15-6-7-16(10-17)18(15)11-12-4-5-13-2-1-3-14(13)8-12/h4-5,8,15-17,19H,1-3,6-7,9-11H2. The first-order valence-corrected chi connectivity index (χ1v) is 7.84. The van der Waals surface area contributed by atoms with Crippen LogP contribution in [0.3, 0.4) is 0 Å². The molecule has 4 rings (SSSR count). The van der Waals surface area contributed by atoms with Gasteiger partial charge in [0.05, 0.1) is 6.10 Å². The molecule has 2 aliphatic heterocycles. The highest BCUT2D eigenvalue weighted by Gasteiger charge is 2.39. The van der Waals surface area contributed by atoms with Crippen molar-refractivity contribution in [2.45, 2.75) is 69.7 Å². The van der Waals surface area contributed by atoms with E-state index in [1.54, 1.807) is 11.1 Å². The zero-order chi connectivity index (χ0) is 12.8. The van der Waals surface area contributed by atoms with Crippen LogP contribution < -0.4 is 0 Å². The summed E-state index contributed by atoms with van der Waals surface area (Å²) in [6.07, 6.45) is 8.38. The summed E-state index contributed by atoms with van der Waals surface area (Å²) in [4.78, 5) is 2.66. The monoisotopic (exact) mass is 257 g/mol. The Labute approximate surface area is 115 Å². The van der Waals surface area contributed by atoms with Crippen molar-refractivity contribution >= 4 is 0 Å².